The lowest BCUT2D eigenvalue weighted by Gasteiger charge is -2.11. The van der Waals surface area contributed by atoms with Crippen molar-refractivity contribution in [1.29, 1.82) is 0 Å². The van der Waals surface area contributed by atoms with Crippen LogP contribution < -0.4 is 14.8 Å². The molecule has 0 saturated carbocycles. The van der Waals surface area contributed by atoms with Crippen molar-refractivity contribution < 1.29 is 14.3 Å². The fraction of sp³-hybridized carbons (Fsp3) is 0.211. The van der Waals surface area contributed by atoms with Crippen molar-refractivity contribution in [3.63, 3.8) is 0 Å². The van der Waals surface area contributed by atoms with Crippen molar-refractivity contribution in [3.05, 3.63) is 59.1 Å². The van der Waals surface area contributed by atoms with Crippen LogP contribution in [0.25, 0.3) is 6.08 Å². The number of rotatable bonds is 7. The van der Waals surface area contributed by atoms with E-state index in [1.165, 1.54) is 6.08 Å². The molecule has 126 valence electrons. The quantitative estimate of drug-likeness (QED) is 0.734. The van der Waals surface area contributed by atoms with Gasteiger partial charge in [0, 0.05) is 16.8 Å². The second kappa shape index (κ2) is 8.99. The Kier molecular flexibility index (Phi) is 6.70. The van der Waals surface area contributed by atoms with E-state index in [-0.39, 0.29) is 5.91 Å². The van der Waals surface area contributed by atoms with Crippen LogP contribution in [0.5, 0.6) is 11.5 Å². The van der Waals surface area contributed by atoms with E-state index in [0.29, 0.717) is 35.4 Å². The molecule has 0 atom stereocenters. The number of nitrogens with one attached hydrogen (secondary N) is 1. The van der Waals surface area contributed by atoms with Crippen LogP contribution in [0.3, 0.4) is 0 Å². The highest BCUT2D eigenvalue weighted by atomic mass is 35.5. The summed E-state index contributed by atoms with van der Waals surface area (Å²) in [7, 11) is 0. The Morgan fingerprint density at radius 2 is 1.71 bits per heavy atom. The molecule has 0 aliphatic rings. The molecule has 0 spiro atoms. The maximum absolute atomic E-state index is 12.0. The highest BCUT2D eigenvalue weighted by Crippen LogP contribution is 2.29. The first-order valence-corrected chi connectivity index (χ1v) is 8.14. The molecule has 0 aliphatic heterocycles. The van der Waals surface area contributed by atoms with Gasteiger partial charge in [-0.25, -0.2) is 0 Å². The highest BCUT2D eigenvalue weighted by molar-refractivity contribution is 6.30. The summed E-state index contributed by atoms with van der Waals surface area (Å²) in [4.78, 5) is 12.0. The van der Waals surface area contributed by atoms with E-state index in [2.05, 4.69) is 5.32 Å². The van der Waals surface area contributed by atoms with Crippen LogP contribution in [0.4, 0.5) is 5.69 Å². The number of amides is 1. The zero-order valence-electron chi connectivity index (χ0n) is 13.7. The van der Waals surface area contributed by atoms with Crippen molar-refractivity contribution in [3.8, 4) is 11.5 Å². The van der Waals surface area contributed by atoms with E-state index in [9.17, 15) is 4.79 Å². The Hall–Kier alpha value is -2.46. The maximum atomic E-state index is 12.0. The molecule has 0 saturated heterocycles. The first-order chi connectivity index (χ1) is 11.6. The predicted molar refractivity (Wildman–Crippen MR) is 97.9 cm³/mol. The largest absolute Gasteiger partial charge is 0.490 e. The molecule has 0 aromatic heterocycles. The zero-order chi connectivity index (χ0) is 17.4. The molecule has 5 heteroatoms. The molecule has 24 heavy (non-hydrogen) atoms. The normalized spacial score (nSPS) is 10.6. The molecule has 1 N–H and O–H groups in total. The monoisotopic (exact) mass is 345 g/mol. The van der Waals surface area contributed by atoms with Gasteiger partial charge in [-0.05, 0) is 61.9 Å². The van der Waals surface area contributed by atoms with E-state index in [0.717, 1.165) is 5.56 Å². The maximum Gasteiger partial charge on any atom is 0.248 e. The molecule has 0 radical (unpaired) electrons. The van der Waals surface area contributed by atoms with Crippen LogP contribution in [-0.2, 0) is 4.79 Å². The minimum Gasteiger partial charge on any atom is -0.490 e. The van der Waals surface area contributed by atoms with E-state index >= 15 is 0 Å². The van der Waals surface area contributed by atoms with E-state index < -0.39 is 0 Å². The summed E-state index contributed by atoms with van der Waals surface area (Å²) < 4.78 is 11.1. The number of hydrogen-bond acceptors (Lipinski definition) is 3. The first kappa shape index (κ1) is 17.9. The van der Waals surface area contributed by atoms with Gasteiger partial charge in [0.25, 0.3) is 0 Å². The third kappa shape index (κ3) is 5.32. The number of hydrogen-bond donors (Lipinski definition) is 1. The fourth-order valence-corrected chi connectivity index (χ4v) is 2.19. The van der Waals surface area contributed by atoms with Crippen molar-refractivity contribution in [2.45, 2.75) is 13.8 Å². The number of benzene rings is 2. The summed E-state index contributed by atoms with van der Waals surface area (Å²) in [5.74, 6) is 1.14. The Morgan fingerprint density at radius 1 is 1.04 bits per heavy atom. The summed E-state index contributed by atoms with van der Waals surface area (Å²) in [5.41, 5.74) is 1.55. The van der Waals surface area contributed by atoms with Crippen molar-refractivity contribution in [2.75, 3.05) is 18.5 Å². The van der Waals surface area contributed by atoms with Crippen LogP contribution in [0.1, 0.15) is 19.4 Å². The molecule has 0 bridgehead atoms. The van der Waals surface area contributed by atoms with Gasteiger partial charge in [0.1, 0.15) is 0 Å². The summed E-state index contributed by atoms with van der Waals surface area (Å²) in [5, 5.41) is 3.40. The smallest absolute Gasteiger partial charge is 0.248 e. The molecule has 0 fully saturated rings. The Bertz CT molecular complexity index is 711. The van der Waals surface area contributed by atoms with Crippen LogP contribution in [0.15, 0.2) is 48.5 Å². The molecule has 2 aromatic rings. The van der Waals surface area contributed by atoms with Gasteiger partial charge >= 0.3 is 0 Å². The number of carbonyl (C=O) groups excluding carboxylic acids is 1. The lowest BCUT2D eigenvalue weighted by Crippen LogP contribution is -2.07. The first-order valence-electron chi connectivity index (χ1n) is 7.76. The average Bonchev–Trinajstić information content (AvgIpc) is 2.57. The average molecular weight is 346 g/mol. The molecular formula is C19H20ClNO3. The lowest BCUT2D eigenvalue weighted by molar-refractivity contribution is -0.111. The zero-order valence-corrected chi connectivity index (χ0v) is 14.5. The van der Waals surface area contributed by atoms with Crippen molar-refractivity contribution in [2.24, 2.45) is 0 Å². The van der Waals surface area contributed by atoms with Crippen LogP contribution in [-0.4, -0.2) is 19.1 Å². The van der Waals surface area contributed by atoms with Crippen molar-refractivity contribution in [1.82, 2.24) is 0 Å². The third-order valence-electron chi connectivity index (χ3n) is 3.11. The number of carbonyl (C=O) groups is 1. The van der Waals surface area contributed by atoms with Crippen molar-refractivity contribution >= 4 is 29.3 Å². The minimum atomic E-state index is -0.218. The number of halogens is 1. The minimum absolute atomic E-state index is 0.218. The Balaban J connectivity index is 2.05. The van der Waals surface area contributed by atoms with Crippen LogP contribution in [0.2, 0.25) is 5.02 Å². The number of ether oxygens (including phenoxy) is 2. The summed E-state index contributed by atoms with van der Waals surface area (Å²) in [6, 6.07) is 12.5. The topological polar surface area (TPSA) is 47.6 Å². The Labute approximate surface area is 147 Å². The molecule has 0 aliphatic carbocycles. The summed E-state index contributed by atoms with van der Waals surface area (Å²) >= 11 is 5.82. The Morgan fingerprint density at radius 3 is 2.38 bits per heavy atom. The van der Waals surface area contributed by atoms with Crippen LogP contribution in [0, 0.1) is 0 Å². The second-order valence-electron chi connectivity index (χ2n) is 4.90. The predicted octanol–water partition coefficient (Wildman–Crippen LogP) is 4.79. The fourth-order valence-electron chi connectivity index (χ4n) is 2.06. The van der Waals surface area contributed by atoms with E-state index in [1.54, 1.807) is 30.3 Å². The van der Waals surface area contributed by atoms with Gasteiger partial charge in [0.05, 0.1) is 13.2 Å². The van der Waals surface area contributed by atoms with E-state index in [4.69, 9.17) is 21.1 Å². The molecule has 4 nitrogen and oxygen atoms in total. The van der Waals surface area contributed by atoms with Gasteiger partial charge in [0.2, 0.25) is 5.91 Å². The van der Waals surface area contributed by atoms with E-state index in [1.807, 2.05) is 32.0 Å². The van der Waals surface area contributed by atoms with Gasteiger partial charge < -0.3 is 14.8 Å². The lowest BCUT2D eigenvalue weighted by atomic mass is 10.2. The highest BCUT2D eigenvalue weighted by Gasteiger charge is 2.05. The molecule has 2 rings (SSSR count). The molecule has 1 amide bonds. The van der Waals surface area contributed by atoms with Gasteiger partial charge in [0.15, 0.2) is 11.5 Å². The van der Waals surface area contributed by atoms with Gasteiger partial charge in [-0.3, -0.25) is 4.79 Å². The molecule has 0 heterocycles. The summed E-state index contributed by atoms with van der Waals surface area (Å²) in [6.45, 7) is 4.95. The molecule has 2 aromatic carbocycles. The second-order valence-corrected chi connectivity index (χ2v) is 5.34. The molecule has 0 unspecified atom stereocenters. The van der Waals surface area contributed by atoms with Gasteiger partial charge in [-0.1, -0.05) is 17.7 Å². The summed E-state index contributed by atoms with van der Waals surface area (Å²) in [6.07, 6.45) is 3.20. The standard InChI is InChI=1S/C19H20ClNO3/c1-3-23-17-11-5-14(13-18(17)24-4-2)6-12-19(22)21-16-9-7-15(20)8-10-16/h5-13H,3-4H2,1-2H3,(H,21,22)/b12-6+. The SMILES string of the molecule is CCOc1ccc(/C=C/C(=O)Nc2ccc(Cl)cc2)cc1OCC. The van der Waals surface area contributed by atoms with Crippen LogP contribution >= 0.6 is 11.6 Å². The number of anilines is 1. The van der Waals surface area contributed by atoms with Gasteiger partial charge in [-0.2, -0.15) is 0 Å². The molecular weight excluding hydrogens is 326 g/mol. The van der Waals surface area contributed by atoms with Gasteiger partial charge in [-0.15, -0.1) is 0 Å². The third-order valence-corrected chi connectivity index (χ3v) is 3.36.